The average Bonchev–Trinajstić information content (AvgIpc) is 2.32. The molecule has 0 spiro atoms. The summed E-state index contributed by atoms with van der Waals surface area (Å²) in [7, 11) is 0. The van der Waals surface area contributed by atoms with Gasteiger partial charge in [0.25, 0.3) is 5.91 Å². The number of pyridine rings is 1. The lowest BCUT2D eigenvalue weighted by atomic mass is 10.1. The zero-order valence-electron chi connectivity index (χ0n) is 9.07. The van der Waals surface area contributed by atoms with Gasteiger partial charge in [0.1, 0.15) is 11.0 Å². The Hall–Kier alpha value is -1.20. The van der Waals surface area contributed by atoms with Crippen LogP contribution in [0.5, 0.6) is 0 Å². The van der Waals surface area contributed by atoms with E-state index in [-0.39, 0.29) is 22.7 Å². The maximum Gasteiger partial charge on any atom is 0.257 e. The maximum absolute atomic E-state index is 13.0. The quantitative estimate of drug-likeness (QED) is 0.776. The van der Waals surface area contributed by atoms with Crippen LogP contribution in [0, 0.1) is 5.82 Å². The minimum Gasteiger partial charge on any atom is -0.393 e. The summed E-state index contributed by atoms with van der Waals surface area (Å²) in [5, 5.41) is 9.34. The van der Waals surface area contributed by atoms with E-state index in [9.17, 15) is 14.3 Å². The molecular weight excluding hydrogens is 247 g/mol. The van der Waals surface area contributed by atoms with Crippen LogP contribution in [0.25, 0.3) is 0 Å². The van der Waals surface area contributed by atoms with E-state index in [4.69, 9.17) is 11.6 Å². The zero-order valence-corrected chi connectivity index (χ0v) is 9.82. The van der Waals surface area contributed by atoms with Crippen molar-refractivity contribution in [3.05, 3.63) is 28.8 Å². The van der Waals surface area contributed by atoms with Crippen LogP contribution in [0.3, 0.4) is 0 Å². The van der Waals surface area contributed by atoms with Gasteiger partial charge in [-0.25, -0.2) is 9.37 Å². The lowest BCUT2D eigenvalue weighted by Gasteiger charge is -2.29. The van der Waals surface area contributed by atoms with Gasteiger partial charge in [-0.05, 0) is 18.9 Å². The van der Waals surface area contributed by atoms with E-state index < -0.39 is 5.82 Å². The van der Waals surface area contributed by atoms with Crippen LogP contribution in [-0.2, 0) is 0 Å². The van der Waals surface area contributed by atoms with Crippen molar-refractivity contribution < 1.29 is 14.3 Å². The third-order valence-corrected chi connectivity index (χ3v) is 3.09. The fourth-order valence-electron chi connectivity index (χ4n) is 1.81. The predicted octanol–water partition coefficient (Wildman–Crippen LogP) is 1.47. The second kappa shape index (κ2) is 4.98. The number of nitrogens with zero attached hydrogens (tertiary/aromatic N) is 2. The summed E-state index contributed by atoms with van der Waals surface area (Å²) in [6.45, 7) is 0.902. The number of aromatic nitrogens is 1. The van der Waals surface area contributed by atoms with Gasteiger partial charge in [0.05, 0.1) is 17.9 Å². The molecule has 2 heterocycles. The molecule has 6 heteroatoms. The number of carbonyl (C=O) groups is 1. The fourth-order valence-corrected chi connectivity index (χ4v) is 2.00. The van der Waals surface area contributed by atoms with Crippen molar-refractivity contribution in [3.8, 4) is 0 Å². The Labute approximate surface area is 103 Å². The van der Waals surface area contributed by atoms with E-state index in [1.165, 1.54) is 0 Å². The minimum atomic E-state index is -0.588. The summed E-state index contributed by atoms with van der Waals surface area (Å²) in [5.41, 5.74) is 0.0723. The van der Waals surface area contributed by atoms with E-state index in [2.05, 4.69) is 4.98 Å². The predicted molar refractivity (Wildman–Crippen MR) is 60.3 cm³/mol. The maximum atomic E-state index is 13.0. The number of piperidine rings is 1. The third-order valence-electron chi connectivity index (χ3n) is 2.79. The first-order valence-electron chi connectivity index (χ1n) is 5.36. The van der Waals surface area contributed by atoms with Crippen molar-refractivity contribution >= 4 is 17.5 Å². The van der Waals surface area contributed by atoms with Gasteiger partial charge in [0.15, 0.2) is 0 Å². The average molecular weight is 259 g/mol. The van der Waals surface area contributed by atoms with Crippen LogP contribution < -0.4 is 0 Å². The Kier molecular flexibility index (Phi) is 3.59. The van der Waals surface area contributed by atoms with Crippen molar-refractivity contribution in [2.45, 2.75) is 18.9 Å². The molecule has 1 amide bonds. The lowest BCUT2D eigenvalue weighted by Crippen LogP contribution is -2.40. The molecular formula is C11H12ClFN2O2. The second-order valence-corrected chi connectivity index (χ2v) is 4.37. The monoisotopic (exact) mass is 258 g/mol. The van der Waals surface area contributed by atoms with Gasteiger partial charge in [-0.3, -0.25) is 4.79 Å². The molecule has 92 valence electrons. The molecule has 0 saturated carbocycles. The SMILES string of the molecule is O=C(c1cc(F)cnc1Cl)N1CCC(O)CC1. The van der Waals surface area contributed by atoms with Crippen molar-refractivity contribution in [3.63, 3.8) is 0 Å². The van der Waals surface area contributed by atoms with Gasteiger partial charge in [0, 0.05) is 13.1 Å². The highest BCUT2D eigenvalue weighted by Crippen LogP contribution is 2.19. The van der Waals surface area contributed by atoms with E-state index in [0.717, 1.165) is 12.3 Å². The standard InChI is InChI=1S/C11H12ClFN2O2/c12-10-9(5-7(13)6-14-10)11(17)15-3-1-8(16)2-4-15/h5-6,8,16H,1-4H2. The molecule has 4 nitrogen and oxygen atoms in total. The first-order chi connectivity index (χ1) is 8.08. The summed E-state index contributed by atoms with van der Waals surface area (Å²) in [5.74, 6) is -0.927. The molecule has 2 rings (SSSR count). The summed E-state index contributed by atoms with van der Waals surface area (Å²) in [4.78, 5) is 17.2. The Morgan fingerprint density at radius 3 is 2.82 bits per heavy atom. The second-order valence-electron chi connectivity index (χ2n) is 4.02. The van der Waals surface area contributed by atoms with Crippen molar-refractivity contribution in [2.24, 2.45) is 0 Å². The van der Waals surface area contributed by atoms with E-state index in [1.54, 1.807) is 4.90 Å². The van der Waals surface area contributed by atoms with Crippen LogP contribution in [-0.4, -0.2) is 40.1 Å². The lowest BCUT2D eigenvalue weighted by molar-refractivity contribution is 0.0546. The molecule has 1 aromatic rings. The first kappa shape index (κ1) is 12.3. The molecule has 1 fully saturated rings. The van der Waals surface area contributed by atoms with E-state index >= 15 is 0 Å². The number of hydrogen-bond donors (Lipinski definition) is 1. The molecule has 0 aliphatic carbocycles. The molecule has 0 radical (unpaired) electrons. The number of rotatable bonds is 1. The molecule has 1 aromatic heterocycles. The van der Waals surface area contributed by atoms with Gasteiger partial charge >= 0.3 is 0 Å². The smallest absolute Gasteiger partial charge is 0.257 e. The topological polar surface area (TPSA) is 53.4 Å². The highest BCUT2D eigenvalue weighted by atomic mass is 35.5. The molecule has 0 unspecified atom stereocenters. The van der Waals surface area contributed by atoms with Crippen LogP contribution in [0.2, 0.25) is 5.15 Å². The molecule has 1 N–H and O–H groups in total. The Morgan fingerprint density at radius 1 is 1.53 bits per heavy atom. The van der Waals surface area contributed by atoms with Crippen LogP contribution in [0.15, 0.2) is 12.3 Å². The molecule has 1 aliphatic heterocycles. The van der Waals surface area contributed by atoms with E-state index in [1.807, 2.05) is 0 Å². The van der Waals surface area contributed by atoms with Gasteiger partial charge < -0.3 is 10.0 Å². The van der Waals surface area contributed by atoms with Crippen molar-refractivity contribution in [2.75, 3.05) is 13.1 Å². The molecule has 1 saturated heterocycles. The molecule has 0 bridgehead atoms. The Morgan fingerprint density at radius 2 is 2.18 bits per heavy atom. The molecule has 0 aromatic carbocycles. The normalized spacial score (nSPS) is 17.2. The van der Waals surface area contributed by atoms with Gasteiger partial charge in [-0.2, -0.15) is 0 Å². The summed E-state index contributed by atoms with van der Waals surface area (Å²) < 4.78 is 13.0. The van der Waals surface area contributed by atoms with Crippen LogP contribution >= 0.6 is 11.6 Å². The highest BCUT2D eigenvalue weighted by Gasteiger charge is 2.24. The van der Waals surface area contributed by atoms with Gasteiger partial charge in [-0.15, -0.1) is 0 Å². The molecule has 0 atom stereocenters. The molecule has 17 heavy (non-hydrogen) atoms. The van der Waals surface area contributed by atoms with E-state index in [0.29, 0.717) is 25.9 Å². The van der Waals surface area contributed by atoms with Crippen molar-refractivity contribution in [1.82, 2.24) is 9.88 Å². The third kappa shape index (κ3) is 2.73. The van der Waals surface area contributed by atoms with Gasteiger partial charge in [0.2, 0.25) is 0 Å². The zero-order chi connectivity index (χ0) is 12.4. The highest BCUT2D eigenvalue weighted by molar-refractivity contribution is 6.32. The fraction of sp³-hybridized carbons (Fsp3) is 0.455. The first-order valence-corrected chi connectivity index (χ1v) is 5.74. The molecule has 1 aliphatic rings. The number of aliphatic hydroxyl groups is 1. The summed E-state index contributed by atoms with van der Waals surface area (Å²) in [6, 6.07) is 1.09. The summed E-state index contributed by atoms with van der Waals surface area (Å²) >= 11 is 5.76. The largest absolute Gasteiger partial charge is 0.393 e. The number of carbonyl (C=O) groups excluding carboxylic acids is 1. The van der Waals surface area contributed by atoms with Crippen molar-refractivity contribution in [1.29, 1.82) is 0 Å². The number of hydrogen-bond acceptors (Lipinski definition) is 3. The Balaban J connectivity index is 2.16. The number of halogens is 2. The number of likely N-dealkylation sites (tertiary alicyclic amines) is 1. The van der Waals surface area contributed by atoms with Crippen LogP contribution in [0.1, 0.15) is 23.2 Å². The number of aliphatic hydroxyl groups excluding tert-OH is 1. The van der Waals surface area contributed by atoms with Gasteiger partial charge in [-0.1, -0.05) is 11.6 Å². The number of amides is 1. The summed E-state index contributed by atoms with van der Waals surface area (Å²) in [6.07, 6.45) is 1.68. The van der Waals surface area contributed by atoms with Crippen LogP contribution in [0.4, 0.5) is 4.39 Å². The minimum absolute atomic E-state index is 0.00234. The Bertz CT molecular complexity index is 433.